The molecular weight excluding hydrogens is 341 g/mol. The molecule has 0 heterocycles. The van der Waals surface area contributed by atoms with Gasteiger partial charge in [-0.05, 0) is 43.7 Å². The molecule has 0 unspecified atom stereocenters. The van der Waals surface area contributed by atoms with Crippen LogP contribution in [-0.4, -0.2) is 12.5 Å². The van der Waals surface area contributed by atoms with Gasteiger partial charge in [0.2, 0.25) is 5.91 Å². The maximum absolute atomic E-state index is 12.8. The first-order chi connectivity index (χ1) is 11.2. The van der Waals surface area contributed by atoms with Crippen LogP contribution < -0.4 is 10.6 Å². The molecule has 0 saturated carbocycles. The van der Waals surface area contributed by atoms with E-state index in [1.54, 1.807) is 6.07 Å². The molecule has 0 bridgehead atoms. The van der Waals surface area contributed by atoms with E-state index in [1.165, 1.54) is 6.07 Å². The van der Waals surface area contributed by atoms with Crippen LogP contribution in [0.1, 0.15) is 16.7 Å². The molecule has 0 radical (unpaired) electrons. The second-order valence-electron chi connectivity index (χ2n) is 5.41. The van der Waals surface area contributed by atoms with Gasteiger partial charge in [0.05, 0.1) is 17.1 Å². The number of amides is 1. The van der Waals surface area contributed by atoms with Gasteiger partial charge in [0.1, 0.15) is 0 Å². The van der Waals surface area contributed by atoms with Gasteiger partial charge in [0.25, 0.3) is 0 Å². The summed E-state index contributed by atoms with van der Waals surface area (Å²) in [4.78, 5) is 11.9. The highest BCUT2D eigenvalue weighted by molar-refractivity contribution is 6.31. The average molecular weight is 357 g/mol. The zero-order valence-electron chi connectivity index (χ0n) is 13.1. The van der Waals surface area contributed by atoms with Crippen LogP contribution in [0.25, 0.3) is 0 Å². The Morgan fingerprint density at radius 2 is 1.83 bits per heavy atom. The van der Waals surface area contributed by atoms with Crippen LogP contribution in [0.15, 0.2) is 36.4 Å². The summed E-state index contributed by atoms with van der Waals surface area (Å²) in [6.07, 6.45) is -4.55. The number of carbonyl (C=O) groups is 1. The lowest BCUT2D eigenvalue weighted by Crippen LogP contribution is -2.22. The molecule has 0 saturated heterocycles. The molecule has 2 N–H and O–H groups in total. The first-order valence-electron chi connectivity index (χ1n) is 7.14. The molecule has 3 nitrogen and oxygen atoms in total. The quantitative estimate of drug-likeness (QED) is 0.807. The summed E-state index contributed by atoms with van der Waals surface area (Å²) in [7, 11) is 0. The van der Waals surface area contributed by atoms with Gasteiger partial charge < -0.3 is 10.6 Å². The minimum atomic E-state index is -4.55. The van der Waals surface area contributed by atoms with Gasteiger partial charge in [-0.25, -0.2) is 0 Å². The molecule has 2 rings (SSSR count). The molecule has 0 aromatic heterocycles. The molecule has 0 fully saturated rings. The monoisotopic (exact) mass is 356 g/mol. The van der Waals surface area contributed by atoms with Crippen molar-refractivity contribution in [2.75, 3.05) is 17.2 Å². The number of carbonyl (C=O) groups excluding carboxylic acids is 1. The Bertz CT molecular complexity index is 760. The van der Waals surface area contributed by atoms with Crippen molar-refractivity contribution < 1.29 is 18.0 Å². The average Bonchev–Trinajstić information content (AvgIpc) is 2.48. The van der Waals surface area contributed by atoms with Crippen molar-refractivity contribution in [1.82, 2.24) is 0 Å². The Labute approximate surface area is 142 Å². The number of hydrogen-bond donors (Lipinski definition) is 2. The fourth-order valence-corrected chi connectivity index (χ4v) is 2.41. The van der Waals surface area contributed by atoms with Crippen molar-refractivity contribution in [1.29, 1.82) is 0 Å². The number of aryl methyl sites for hydroxylation is 2. The van der Waals surface area contributed by atoms with Gasteiger partial charge in [-0.2, -0.15) is 13.2 Å². The van der Waals surface area contributed by atoms with Crippen molar-refractivity contribution in [3.05, 3.63) is 58.1 Å². The summed E-state index contributed by atoms with van der Waals surface area (Å²) in [6, 6.07) is 9.00. The largest absolute Gasteiger partial charge is 0.417 e. The number of benzene rings is 2. The molecule has 2 aromatic carbocycles. The van der Waals surface area contributed by atoms with Crippen molar-refractivity contribution >= 4 is 28.9 Å². The van der Waals surface area contributed by atoms with Crippen molar-refractivity contribution in [2.45, 2.75) is 20.0 Å². The van der Waals surface area contributed by atoms with Crippen LogP contribution in [0.3, 0.4) is 0 Å². The fourth-order valence-electron chi connectivity index (χ4n) is 2.18. The van der Waals surface area contributed by atoms with Crippen LogP contribution in [0.2, 0.25) is 5.02 Å². The Balaban J connectivity index is 2.01. The highest BCUT2D eigenvalue weighted by Crippen LogP contribution is 2.36. The molecule has 128 valence electrons. The molecule has 0 atom stereocenters. The van der Waals surface area contributed by atoms with Crippen LogP contribution in [-0.2, 0) is 11.0 Å². The predicted octanol–water partition coefficient (Wildman–Crippen LogP) is 5.03. The van der Waals surface area contributed by atoms with E-state index in [0.717, 1.165) is 23.3 Å². The zero-order valence-corrected chi connectivity index (χ0v) is 13.8. The van der Waals surface area contributed by atoms with Crippen LogP contribution in [0.5, 0.6) is 0 Å². The molecule has 7 heteroatoms. The van der Waals surface area contributed by atoms with Gasteiger partial charge in [-0.1, -0.05) is 29.3 Å². The number of nitrogens with one attached hydrogen (secondary N) is 2. The summed E-state index contributed by atoms with van der Waals surface area (Å²) >= 11 is 5.55. The van der Waals surface area contributed by atoms with E-state index in [1.807, 2.05) is 26.0 Å². The topological polar surface area (TPSA) is 41.1 Å². The van der Waals surface area contributed by atoms with Crippen molar-refractivity contribution in [3.63, 3.8) is 0 Å². The highest BCUT2D eigenvalue weighted by Gasteiger charge is 2.33. The lowest BCUT2D eigenvalue weighted by atomic mass is 10.1. The first-order valence-corrected chi connectivity index (χ1v) is 7.52. The molecule has 0 spiro atoms. The van der Waals surface area contributed by atoms with Gasteiger partial charge in [-0.15, -0.1) is 0 Å². The number of rotatable bonds is 4. The van der Waals surface area contributed by atoms with E-state index in [9.17, 15) is 18.0 Å². The number of halogens is 4. The van der Waals surface area contributed by atoms with Crippen molar-refractivity contribution in [3.8, 4) is 0 Å². The maximum atomic E-state index is 12.8. The van der Waals surface area contributed by atoms with Crippen LogP contribution >= 0.6 is 11.6 Å². The highest BCUT2D eigenvalue weighted by atomic mass is 35.5. The lowest BCUT2D eigenvalue weighted by Gasteiger charge is -2.13. The van der Waals surface area contributed by atoms with Crippen molar-refractivity contribution in [2.24, 2.45) is 0 Å². The summed E-state index contributed by atoms with van der Waals surface area (Å²) < 4.78 is 38.4. The van der Waals surface area contributed by atoms with E-state index < -0.39 is 11.7 Å². The van der Waals surface area contributed by atoms with Crippen LogP contribution in [0.4, 0.5) is 24.5 Å². The normalized spacial score (nSPS) is 11.2. The SMILES string of the molecule is Cc1ccc(NC(=O)CNc2ccc(Cl)c(C(F)(F)F)c2)c(C)c1. The second-order valence-corrected chi connectivity index (χ2v) is 5.82. The van der Waals surface area contributed by atoms with Crippen LogP contribution in [0, 0.1) is 13.8 Å². The molecule has 24 heavy (non-hydrogen) atoms. The Hall–Kier alpha value is -2.21. The molecular formula is C17H16ClF3N2O. The van der Waals surface area contributed by atoms with E-state index >= 15 is 0 Å². The minimum Gasteiger partial charge on any atom is -0.376 e. The Kier molecular flexibility index (Phi) is 5.39. The molecule has 2 aromatic rings. The number of alkyl halides is 3. The van der Waals surface area contributed by atoms with E-state index in [2.05, 4.69) is 10.6 Å². The standard InChI is InChI=1S/C17H16ClF3N2O/c1-10-3-6-15(11(2)7-10)23-16(24)9-22-12-4-5-14(18)13(8-12)17(19,20)21/h3-8,22H,9H2,1-2H3,(H,23,24). The smallest absolute Gasteiger partial charge is 0.376 e. The predicted molar refractivity (Wildman–Crippen MR) is 89.5 cm³/mol. The van der Waals surface area contributed by atoms with Gasteiger partial charge in [0.15, 0.2) is 0 Å². The van der Waals surface area contributed by atoms with E-state index in [0.29, 0.717) is 5.69 Å². The third-order valence-corrected chi connectivity index (χ3v) is 3.71. The number of hydrogen-bond acceptors (Lipinski definition) is 2. The Morgan fingerprint density at radius 1 is 1.12 bits per heavy atom. The summed E-state index contributed by atoms with van der Waals surface area (Å²) in [5.74, 6) is -0.356. The second kappa shape index (κ2) is 7.13. The van der Waals surface area contributed by atoms with E-state index in [-0.39, 0.29) is 23.2 Å². The van der Waals surface area contributed by atoms with E-state index in [4.69, 9.17) is 11.6 Å². The molecule has 0 aliphatic heterocycles. The minimum absolute atomic E-state index is 0.160. The molecule has 1 amide bonds. The fraction of sp³-hybridized carbons (Fsp3) is 0.235. The third kappa shape index (κ3) is 4.64. The first kappa shape index (κ1) is 18.1. The lowest BCUT2D eigenvalue weighted by molar-refractivity contribution is -0.137. The zero-order chi connectivity index (χ0) is 17.9. The summed E-state index contributed by atoms with van der Waals surface area (Å²) in [6.45, 7) is 3.65. The third-order valence-electron chi connectivity index (χ3n) is 3.38. The van der Waals surface area contributed by atoms with Gasteiger partial charge >= 0.3 is 6.18 Å². The Morgan fingerprint density at radius 3 is 2.46 bits per heavy atom. The maximum Gasteiger partial charge on any atom is 0.417 e. The number of anilines is 2. The molecule has 0 aliphatic carbocycles. The molecule has 0 aliphatic rings. The van der Waals surface area contributed by atoms with Gasteiger partial charge in [0, 0.05) is 11.4 Å². The van der Waals surface area contributed by atoms with Gasteiger partial charge in [-0.3, -0.25) is 4.79 Å². The summed E-state index contributed by atoms with van der Waals surface area (Å²) in [5, 5.41) is 5.00. The summed E-state index contributed by atoms with van der Waals surface area (Å²) in [5.41, 5.74) is 1.88.